The summed E-state index contributed by atoms with van der Waals surface area (Å²) in [4.78, 5) is 0. The molecular weight excluding hydrogens is 282 g/mol. The number of ether oxygens (including phenoxy) is 1. The molecule has 1 atom stereocenters. The van der Waals surface area contributed by atoms with Crippen LogP contribution in [0.15, 0.2) is 28.7 Å². The summed E-state index contributed by atoms with van der Waals surface area (Å²) in [5.41, 5.74) is 1.27. The van der Waals surface area contributed by atoms with E-state index in [-0.39, 0.29) is 6.61 Å². The van der Waals surface area contributed by atoms with Crippen LogP contribution in [0.1, 0.15) is 24.9 Å². The van der Waals surface area contributed by atoms with Crippen molar-refractivity contribution in [1.29, 1.82) is 0 Å². The summed E-state index contributed by atoms with van der Waals surface area (Å²) in [5, 5.41) is 12.0. The molecule has 0 aliphatic heterocycles. The second kappa shape index (κ2) is 8.64. The maximum absolute atomic E-state index is 8.54. The Morgan fingerprint density at radius 3 is 2.82 bits per heavy atom. The van der Waals surface area contributed by atoms with Crippen LogP contribution >= 0.6 is 15.9 Å². The van der Waals surface area contributed by atoms with Crippen LogP contribution in [0.5, 0.6) is 0 Å². The lowest BCUT2D eigenvalue weighted by Gasteiger charge is -2.15. The van der Waals surface area contributed by atoms with Gasteiger partial charge in [0.1, 0.15) is 0 Å². The zero-order chi connectivity index (χ0) is 12.5. The first-order chi connectivity index (χ1) is 8.25. The van der Waals surface area contributed by atoms with Gasteiger partial charge >= 0.3 is 0 Å². The van der Waals surface area contributed by atoms with E-state index >= 15 is 0 Å². The summed E-state index contributed by atoms with van der Waals surface area (Å²) in [6.45, 7) is 4.28. The van der Waals surface area contributed by atoms with Gasteiger partial charge in [0.05, 0.1) is 13.2 Å². The van der Waals surface area contributed by atoms with Crippen LogP contribution in [0.4, 0.5) is 0 Å². The number of benzene rings is 1. The fraction of sp³-hybridized carbons (Fsp3) is 0.538. The molecule has 4 heteroatoms. The first-order valence-electron chi connectivity index (χ1n) is 5.92. The molecule has 0 fully saturated rings. The highest BCUT2D eigenvalue weighted by molar-refractivity contribution is 9.10. The van der Waals surface area contributed by atoms with Gasteiger partial charge in [0.25, 0.3) is 0 Å². The number of halogens is 1. The first-order valence-corrected chi connectivity index (χ1v) is 6.71. The Hall–Kier alpha value is -0.420. The molecule has 1 unspecified atom stereocenters. The monoisotopic (exact) mass is 301 g/mol. The van der Waals surface area contributed by atoms with E-state index in [1.807, 2.05) is 12.1 Å². The van der Waals surface area contributed by atoms with Gasteiger partial charge in [-0.2, -0.15) is 0 Å². The van der Waals surface area contributed by atoms with Gasteiger partial charge in [-0.3, -0.25) is 0 Å². The quantitative estimate of drug-likeness (QED) is 0.725. The van der Waals surface area contributed by atoms with E-state index in [1.54, 1.807) is 0 Å². The number of aliphatic hydroxyl groups excluding tert-OH is 1. The van der Waals surface area contributed by atoms with Crippen molar-refractivity contribution in [2.24, 2.45) is 0 Å². The molecule has 0 spiro atoms. The second-order valence-electron chi connectivity index (χ2n) is 3.89. The third-order valence-electron chi connectivity index (χ3n) is 2.52. The lowest BCUT2D eigenvalue weighted by Crippen LogP contribution is -2.21. The standard InChI is InChI=1S/C13H20BrNO2/c1-11(12-5-2-3-6-13(12)14)15-7-4-9-17-10-8-16/h2-3,5-6,11,15-16H,4,7-10H2,1H3. The van der Waals surface area contributed by atoms with Crippen molar-refractivity contribution in [3.63, 3.8) is 0 Å². The van der Waals surface area contributed by atoms with Gasteiger partial charge in [0, 0.05) is 17.1 Å². The highest BCUT2D eigenvalue weighted by atomic mass is 79.9. The van der Waals surface area contributed by atoms with Gasteiger partial charge in [-0.15, -0.1) is 0 Å². The largest absolute Gasteiger partial charge is 0.394 e. The Morgan fingerprint density at radius 1 is 1.35 bits per heavy atom. The van der Waals surface area contributed by atoms with Crippen LogP contribution in [-0.4, -0.2) is 31.5 Å². The summed E-state index contributed by atoms with van der Waals surface area (Å²) in [7, 11) is 0. The topological polar surface area (TPSA) is 41.5 Å². The molecule has 0 saturated heterocycles. The van der Waals surface area contributed by atoms with E-state index < -0.39 is 0 Å². The number of rotatable bonds is 8. The summed E-state index contributed by atoms with van der Waals surface area (Å²) in [5.74, 6) is 0. The van der Waals surface area contributed by atoms with Crippen LogP contribution in [0.25, 0.3) is 0 Å². The Bertz CT molecular complexity index is 320. The number of nitrogens with one attached hydrogen (secondary N) is 1. The van der Waals surface area contributed by atoms with Gasteiger partial charge in [-0.25, -0.2) is 0 Å². The van der Waals surface area contributed by atoms with Crippen molar-refractivity contribution >= 4 is 15.9 Å². The molecule has 1 aromatic carbocycles. The van der Waals surface area contributed by atoms with Gasteiger partial charge in [0.15, 0.2) is 0 Å². The van der Waals surface area contributed by atoms with Crippen molar-refractivity contribution in [3.05, 3.63) is 34.3 Å². The van der Waals surface area contributed by atoms with Crippen molar-refractivity contribution in [2.45, 2.75) is 19.4 Å². The lowest BCUT2D eigenvalue weighted by atomic mass is 10.1. The number of aliphatic hydroxyl groups is 1. The van der Waals surface area contributed by atoms with Crippen LogP contribution in [0, 0.1) is 0 Å². The molecule has 0 aliphatic rings. The van der Waals surface area contributed by atoms with Crippen LogP contribution in [-0.2, 0) is 4.74 Å². The molecule has 1 rings (SSSR count). The second-order valence-corrected chi connectivity index (χ2v) is 4.74. The van der Waals surface area contributed by atoms with E-state index in [0.29, 0.717) is 19.3 Å². The summed E-state index contributed by atoms with van der Waals surface area (Å²) in [6.07, 6.45) is 0.953. The summed E-state index contributed by atoms with van der Waals surface area (Å²) in [6, 6.07) is 8.55. The predicted molar refractivity (Wildman–Crippen MR) is 73.1 cm³/mol. The Kier molecular flexibility index (Phi) is 7.44. The van der Waals surface area contributed by atoms with E-state index in [4.69, 9.17) is 9.84 Å². The number of hydrogen-bond acceptors (Lipinski definition) is 3. The molecule has 1 aromatic rings. The van der Waals surface area contributed by atoms with Crippen molar-refractivity contribution < 1.29 is 9.84 Å². The molecule has 0 aliphatic carbocycles. The molecule has 0 aromatic heterocycles. The molecule has 0 saturated carbocycles. The van der Waals surface area contributed by atoms with Gasteiger partial charge in [-0.1, -0.05) is 34.1 Å². The van der Waals surface area contributed by atoms with E-state index in [9.17, 15) is 0 Å². The van der Waals surface area contributed by atoms with Crippen molar-refractivity contribution in [3.8, 4) is 0 Å². The minimum absolute atomic E-state index is 0.0980. The minimum Gasteiger partial charge on any atom is -0.394 e. The molecule has 3 nitrogen and oxygen atoms in total. The van der Waals surface area contributed by atoms with Gasteiger partial charge in [0.2, 0.25) is 0 Å². The minimum atomic E-state index is 0.0980. The molecular formula is C13H20BrNO2. The fourth-order valence-corrected chi connectivity index (χ4v) is 2.22. The van der Waals surface area contributed by atoms with E-state index in [1.165, 1.54) is 5.56 Å². The third kappa shape index (κ3) is 5.64. The maximum atomic E-state index is 8.54. The van der Waals surface area contributed by atoms with Gasteiger partial charge in [-0.05, 0) is 31.5 Å². The highest BCUT2D eigenvalue weighted by Crippen LogP contribution is 2.22. The smallest absolute Gasteiger partial charge is 0.0697 e. The number of hydrogen-bond donors (Lipinski definition) is 2. The lowest BCUT2D eigenvalue weighted by molar-refractivity contribution is 0.0904. The van der Waals surface area contributed by atoms with Crippen LogP contribution in [0.2, 0.25) is 0 Å². The van der Waals surface area contributed by atoms with Gasteiger partial charge < -0.3 is 15.2 Å². The molecule has 2 N–H and O–H groups in total. The molecule has 96 valence electrons. The molecule has 0 heterocycles. The van der Waals surface area contributed by atoms with Crippen molar-refractivity contribution in [1.82, 2.24) is 5.32 Å². The zero-order valence-corrected chi connectivity index (χ0v) is 11.7. The Balaban J connectivity index is 2.21. The SMILES string of the molecule is CC(NCCCOCCO)c1ccccc1Br. The maximum Gasteiger partial charge on any atom is 0.0697 e. The average molecular weight is 302 g/mol. The Morgan fingerprint density at radius 2 is 2.12 bits per heavy atom. The fourth-order valence-electron chi connectivity index (χ4n) is 1.60. The predicted octanol–water partition coefficient (Wildman–Crippen LogP) is 2.50. The van der Waals surface area contributed by atoms with Crippen LogP contribution < -0.4 is 5.32 Å². The summed E-state index contributed by atoms with van der Waals surface area (Å²) < 4.78 is 6.33. The average Bonchev–Trinajstić information content (AvgIpc) is 2.34. The summed E-state index contributed by atoms with van der Waals surface area (Å²) >= 11 is 3.55. The normalized spacial score (nSPS) is 12.6. The third-order valence-corrected chi connectivity index (χ3v) is 3.25. The van der Waals surface area contributed by atoms with Crippen LogP contribution in [0.3, 0.4) is 0 Å². The molecule has 17 heavy (non-hydrogen) atoms. The highest BCUT2D eigenvalue weighted by Gasteiger charge is 2.06. The van der Waals surface area contributed by atoms with E-state index in [2.05, 4.69) is 40.3 Å². The molecule has 0 bridgehead atoms. The molecule has 0 amide bonds. The first kappa shape index (κ1) is 14.6. The zero-order valence-electron chi connectivity index (χ0n) is 10.2. The molecule has 0 radical (unpaired) electrons. The van der Waals surface area contributed by atoms with Crippen molar-refractivity contribution in [2.75, 3.05) is 26.4 Å². The van der Waals surface area contributed by atoms with E-state index in [0.717, 1.165) is 17.4 Å². The Labute approximate surface area is 111 Å².